The average molecular weight is 286 g/mol. The largest absolute Gasteiger partial charge is 0.0984 e. The van der Waals surface area contributed by atoms with E-state index in [1.165, 1.54) is 21.9 Å². The molecule has 0 saturated heterocycles. The highest BCUT2D eigenvalue weighted by molar-refractivity contribution is 5.99. The maximum absolute atomic E-state index is 3.96. The van der Waals surface area contributed by atoms with Crippen LogP contribution in [0.1, 0.15) is 25.0 Å². The monoisotopic (exact) mass is 286 g/mol. The summed E-state index contributed by atoms with van der Waals surface area (Å²) in [4.78, 5) is 0. The van der Waals surface area contributed by atoms with Gasteiger partial charge in [-0.3, -0.25) is 0 Å². The van der Waals surface area contributed by atoms with Gasteiger partial charge in [0.1, 0.15) is 0 Å². The number of fused-ring (bicyclic) bond motifs is 1. The van der Waals surface area contributed by atoms with Crippen molar-refractivity contribution in [2.45, 2.75) is 13.8 Å². The van der Waals surface area contributed by atoms with E-state index in [2.05, 4.69) is 73.8 Å². The van der Waals surface area contributed by atoms with Crippen molar-refractivity contribution in [2.24, 2.45) is 0 Å². The molecule has 110 valence electrons. The summed E-state index contributed by atoms with van der Waals surface area (Å²) >= 11 is 0. The normalized spacial score (nSPS) is 9.73. The Morgan fingerprint density at radius 3 is 2.05 bits per heavy atom. The second-order valence-corrected chi connectivity index (χ2v) is 4.74. The molecule has 0 aromatic heterocycles. The van der Waals surface area contributed by atoms with Gasteiger partial charge >= 0.3 is 0 Å². The van der Waals surface area contributed by atoms with E-state index < -0.39 is 0 Å². The van der Waals surface area contributed by atoms with Gasteiger partial charge in [0.2, 0.25) is 0 Å². The van der Waals surface area contributed by atoms with E-state index in [0.29, 0.717) is 0 Å². The fourth-order valence-corrected chi connectivity index (χ4v) is 2.68. The summed E-state index contributed by atoms with van der Waals surface area (Å²) in [6.07, 6.45) is 3.79. The third kappa shape index (κ3) is 2.87. The molecule has 0 N–H and O–H groups in total. The van der Waals surface area contributed by atoms with E-state index in [9.17, 15) is 0 Å². The summed E-state index contributed by atoms with van der Waals surface area (Å²) in [7, 11) is 0. The zero-order chi connectivity index (χ0) is 15.9. The minimum Gasteiger partial charge on any atom is -0.0984 e. The van der Waals surface area contributed by atoms with Crippen molar-refractivity contribution < 1.29 is 0 Å². The van der Waals surface area contributed by atoms with Gasteiger partial charge in [0, 0.05) is 0 Å². The average Bonchev–Trinajstić information content (AvgIpc) is 2.62. The summed E-state index contributed by atoms with van der Waals surface area (Å²) in [6, 6.07) is 21.2. The van der Waals surface area contributed by atoms with Crippen LogP contribution in [-0.2, 0) is 0 Å². The first-order chi connectivity index (χ1) is 10.8. The van der Waals surface area contributed by atoms with E-state index >= 15 is 0 Å². The molecule has 0 aliphatic carbocycles. The van der Waals surface area contributed by atoms with Gasteiger partial charge in [0.15, 0.2) is 0 Å². The molecule has 0 saturated carbocycles. The molecule has 0 atom stereocenters. The molecule has 0 spiro atoms. The van der Waals surface area contributed by atoms with Crippen molar-refractivity contribution in [3.05, 3.63) is 84.9 Å². The maximum atomic E-state index is 3.96. The highest BCUT2D eigenvalue weighted by Gasteiger charge is 2.08. The van der Waals surface area contributed by atoms with E-state index in [0.717, 1.165) is 11.1 Å². The lowest BCUT2D eigenvalue weighted by atomic mass is 9.92. The molecule has 0 aliphatic rings. The number of rotatable bonds is 3. The van der Waals surface area contributed by atoms with Crippen LogP contribution in [0.2, 0.25) is 0 Å². The molecule has 0 aliphatic heterocycles. The molecule has 3 aromatic carbocycles. The minimum absolute atomic E-state index is 1.12. The molecule has 0 unspecified atom stereocenters. The first-order valence-electron chi connectivity index (χ1n) is 7.71. The molecule has 3 aromatic rings. The smallest absolute Gasteiger partial charge is 0.00992 e. The fourth-order valence-electron chi connectivity index (χ4n) is 2.68. The van der Waals surface area contributed by atoms with E-state index in [1.807, 2.05) is 26.0 Å². The van der Waals surface area contributed by atoms with Crippen LogP contribution in [0.4, 0.5) is 0 Å². The van der Waals surface area contributed by atoms with Crippen molar-refractivity contribution in [1.82, 2.24) is 0 Å². The second kappa shape index (κ2) is 7.42. The summed E-state index contributed by atoms with van der Waals surface area (Å²) < 4.78 is 0. The molecular formula is C22H22. The molecule has 0 amide bonds. The van der Waals surface area contributed by atoms with E-state index in [-0.39, 0.29) is 0 Å². The van der Waals surface area contributed by atoms with Gasteiger partial charge < -0.3 is 0 Å². The molecule has 0 heterocycles. The van der Waals surface area contributed by atoms with Crippen LogP contribution in [-0.4, -0.2) is 0 Å². The van der Waals surface area contributed by atoms with Crippen molar-refractivity contribution in [3.8, 4) is 11.1 Å². The predicted octanol–water partition coefficient (Wildman–Crippen LogP) is 6.82. The van der Waals surface area contributed by atoms with Gasteiger partial charge in [-0.15, -0.1) is 0 Å². The Hall–Kier alpha value is -2.60. The first kappa shape index (κ1) is 15.8. The Morgan fingerprint density at radius 1 is 0.682 bits per heavy atom. The Labute approximate surface area is 133 Å². The summed E-state index contributed by atoms with van der Waals surface area (Å²) in [5.74, 6) is 0. The van der Waals surface area contributed by atoms with Gasteiger partial charge in [-0.1, -0.05) is 99.8 Å². The zero-order valence-corrected chi connectivity index (χ0v) is 13.3. The van der Waals surface area contributed by atoms with E-state index in [1.54, 1.807) is 0 Å². The molecule has 0 heteroatoms. The second-order valence-electron chi connectivity index (χ2n) is 4.74. The summed E-state index contributed by atoms with van der Waals surface area (Å²) in [5, 5.41) is 2.52. The van der Waals surface area contributed by atoms with Crippen LogP contribution in [0.3, 0.4) is 0 Å². The van der Waals surface area contributed by atoms with Crippen LogP contribution >= 0.6 is 0 Å². The van der Waals surface area contributed by atoms with E-state index in [4.69, 9.17) is 0 Å². The molecule has 22 heavy (non-hydrogen) atoms. The number of benzene rings is 3. The lowest BCUT2D eigenvalue weighted by molar-refractivity contribution is 1.50. The topological polar surface area (TPSA) is 0 Å². The third-order valence-electron chi connectivity index (χ3n) is 3.64. The molecule has 3 rings (SSSR count). The lowest BCUT2D eigenvalue weighted by Crippen LogP contribution is -1.88. The highest BCUT2D eigenvalue weighted by atomic mass is 14.1. The summed E-state index contributed by atoms with van der Waals surface area (Å²) in [6.45, 7) is 11.8. The van der Waals surface area contributed by atoms with Gasteiger partial charge in [0.05, 0.1) is 0 Å². The van der Waals surface area contributed by atoms with Crippen molar-refractivity contribution in [2.75, 3.05) is 0 Å². The Morgan fingerprint density at radius 2 is 1.32 bits per heavy atom. The van der Waals surface area contributed by atoms with Crippen LogP contribution < -0.4 is 0 Å². The Bertz CT molecular complexity index is 789. The van der Waals surface area contributed by atoms with Gasteiger partial charge in [-0.2, -0.15) is 0 Å². The van der Waals surface area contributed by atoms with Gasteiger partial charge in [-0.25, -0.2) is 0 Å². The standard InChI is InChI=1S/C20H16.C2H6/c1-3-15-10-7-13-19(17(15)4-2)20-14-8-11-16-9-5-6-12-18(16)20;1-2/h3-14H,1-2H2;1-2H3. The van der Waals surface area contributed by atoms with Crippen LogP contribution in [0.5, 0.6) is 0 Å². The quantitative estimate of drug-likeness (QED) is 0.495. The Balaban J connectivity index is 0.000000847. The van der Waals surface area contributed by atoms with Gasteiger partial charge in [-0.05, 0) is 33.0 Å². The SMILES string of the molecule is C=Cc1cccc(-c2cccc3ccccc23)c1C=C.CC. The minimum atomic E-state index is 1.12. The molecule has 0 nitrogen and oxygen atoms in total. The number of hydrogen-bond donors (Lipinski definition) is 0. The molecule has 0 fully saturated rings. The van der Waals surface area contributed by atoms with Gasteiger partial charge in [0.25, 0.3) is 0 Å². The molecular weight excluding hydrogens is 264 g/mol. The number of hydrogen-bond acceptors (Lipinski definition) is 0. The van der Waals surface area contributed by atoms with Crippen molar-refractivity contribution in [3.63, 3.8) is 0 Å². The van der Waals surface area contributed by atoms with Crippen molar-refractivity contribution >= 4 is 22.9 Å². The molecule has 0 radical (unpaired) electrons. The zero-order valence-electron chi connectivity index (χ0n) is 13.3. The van der Waals surface area contributed by atoms with Crippen molar-refractivity contribution in [1.29, 1.82) is 0 Å². The fraction of sp³-hybridized carbons (Fsp3) is 0.0909. The first-order valence-corrected chi connectivity index (χ1v) is 7.71. The van der Waals surface area contributed by atoms with Crippen LogP contribution in [0.25, 0.3) is 34.1 Å². The lowest BCUT2D eigenvalue weighted by Gasteiger charge is -2.12. The summed E-state index contributed by atoms with van der Waals surface area (Å²) in [5.41, 5.74) is 4.69. The molecule has 0 bridgehead atoms. The predicted molar refractivity (Wildman–Crippen MR) is 101 cm³/mol. The van der Waals surface area contributed by atoms with Crippen LogP contribution in [0.15, 0.2) is 73.8 Å². The maximum Gasteiger partial charge on any atom is -0.00992 e. The third-order valence-corrected chi connectivity index (χ3v) is 3.64. The highest BCUT2D eigenvalue weighted by Crippen LogP contribution is 2.33. The Kier molecular flexibility index (Phi) is 5.32. The van der Waals surface area contributed by atoms with Crippen LogP contribution in [0, 0.1) is 0 Å².